The van der Waals surface area contributed by atoms with Crippen molar-refractivity contribution in [3.8, 4) is 11.3 Å². The molecular formula is C20H16F3N5OS. The highest BCUT2D eigenvalue weighted by Gasteiger charge is 2.50. The lowest BCUT2D eigenvalue weighted by Crippen LogP contribution is -2.47. The van der Waals surface area contributed by atoms with Crippen molar-refractivity contribution in [2.75, 3.05) is 0 Å². The minimum absolute atomic E-state index is 0.121. The zero-order valence-electron chi connectivity index (χ0n) is 15.8. The van der Waals surface area contributed by atoms with Crippen molar-refractivity contribution in [1.29, 1.82) is 0 Å². The Morgan fingerprint density at radius 3 is 2.83 bits per heavy atom. The molecule has 4 aromatic rings. The van der Waals surface area contributed by atoms with E-state index in [9.17, 15) is 18.0 Å². The molecule has 154 valence electrons. The lowest BCUT2D eigenvalue weighted by atomic mass is 10.1. The number of fused-ring (bicyclic) bond motifs is 2. The van der Waals surface area contributed by atoms with Gasteiger partial charge in [-0.2, -0.15) is 17.5 Å². The van der Waals surface area contributed by atoms with E-state index in [1.165, 1.54) is 17.9 Å². The summed E-state index contributed by atoms with van der Waals surface area (Å²) in [4.78, 5) is 21.3. The van der Waals surface area contributed by atoms with Crippen molar-refractivity contribution in [2.24, 2.45) is 5.92 Å². The number of benzene rings is 1. The Labute approximate surface area is 172 Å². The van der Waals surface area contributed by atoms with Crippen molar-refractivity contribution in [3.05, 3.63) is 47.4 Å². The standard InChI is InChI=1S/C20H16F3N5OS/c1-10-6-14(12-4-5-13-8-30-27-15(13)7-12)25-18-16(24-9-28(10)18)19(29)26-17(11-2-3-11)20(21,22)23/h4-9,11,17H,2-3H2,1H3,(H,26,29). The number of rotatable bonds is 4. The molecule has 3 heterocycles. The summed E-state index contributed by atoms with van der Waals surface area (Å²) in [6, 6.07) is 5.71. The summed E-state index contributed by atoms with van der Waals surface area (Å²) in [5.74, 6) is -1.44. The monoisotopic (exact) mass is 431 g/mol. The van der Waals surface area contributed by atoms with Gasteiger partial charge in [-0.25, -0.2) is 9.97 Å². The van der Waals surface area contributed by atoms with Gasteiger partial charge in [0.25, 0.3) is 5.91 Å². The van der Waals surface area contributed by atoms with Crippen LogP contribution in [0.25, 0.3) is 27.8 Å². The molecule has 3 aromatic heterocycles. The number of amides is 1. The summed E-state index contributed by atoms with van der Waals surface area (Å²) in [5, 5.41) is 5.08. The molecule has 5 rings (SSSR count). The van der Waals surface area contributed by atoms with Crippen molar-refractivity contribution in [3.63, 3.8) is 0 Å². The number of aryl methyl sites for hydroxylation is 1. The van der Waals surface area contributed by atoms with Crippen molar-refractivity contribution >= 4 is 34.0 Å². The van der Waals surface area contributed by atoms with E-state index in [2.05, 4.69) is 19.7 Å². The zero-order chi connectivity index (χ0) is 21.0. The van der Waals surface area contributed by atoms with Gasteiger partial charge in [-0.3, -0.25) is 9.20 Å². The third kappa shape index (κ3) is 3.30. The summed E-state index contributed by atoms with van der Waals surface area (Å²) in [5.41, 5.74) is 3.09. The summed E-state index contributed by atoms with van der Waals surface area (Å²) in [6.07, 6.45) is -2.19. The van der Waals surface area contributed by atoms with Crippen molar-refractivity contribution < 1.29 is 18.0 Å². The van der Waals surface area contributed by atoms with Crippen LogP contribution in [-0.2, 0) is 0 Å². The van der Waals surface area contributed by atoms with E-state index in [1.54, 1.807) is 4.40 Å². The van der Waals surface area contributed by atoms with Gasteiger partial charge in [0.1, 0.15) is 12.4 Å². The van der Waals surface area contributed by atoms with Crippen molar-refractivity contribution in [1.82, 2.24) is 24.1 Å². The number of carbonyl (C=O) groups excluding carboxylic acids is 1. The number of imidazole rings is 1. The van der Waals surface area contributed by atoms with Gasteiger partial charge >= 0.3 is 6.18 Å². The summed E-state index contributed by atoms with van der Waals surface area (Å²) < 4.78 is 45.9. The highest BCUT2D eigenvalue weighted by Crippen LogP contribution is 2.40. The maximum atomic E-state index is 13.3. The van der Waals surface area contributed by atoms with Gasteiger partial charge in [-0.15, -0.1) is 0 Å². The molecule has 0 aliphatic heterocycles. The first-order chi connectivity index (χ1) is 14.3. The highest BCUT2D eigenvalue weighted by molar-refractivity contribution is 7.04. The molecule has 0 radical (unpaired) electrons. The van der Waals surface area contributed by atoms with Crippen LogP contribution >= 0.6 is 11.5 Å². The van der Waals surface area contributed by atoms with Crippen LogP contribution in [0.4, 0.5) is 13.2 Å². The second-order valence-corrected chi connectivity index (χ2v) is 8.12. The number of carbonyl (C=O) groups is 1. The molecule has 1 aliphatic rings. The Balaban J connectivity index is 1.54. The Bertz CT molecular complexity index is 1270. The van der Waals surface area contributed by atoms with Crippen LogP contribution in [0.2, 0.25) is 0 Å². The van der Waals surface area contributed by atoms with Gasteiger partial charge in [0.2, 0.25) is 0 Å². The fourth-order valence-corrected chi connectivity index (χ4v) is 4.19. The predicted octanol–water partition coefficient (Wildman–Crippen LogP) is 4.39. The average Bonchev–Trinajstić information content (AvgIpc) is 3.24. The van der Waals surface area contributed by atoms with Crippen LogP contribution in [0, 0.1) is 12.8 Å². The second-order valence-electron chi connectivity index (χ2n) is 7.49. The lowest BCUT2D eigenvalue weighted by Gasteiger charge is -2.20. The normalized spacial score (nSPS) is 15.6. The molecule has 0 spiro atoms. The lowest BCUT2D eigenvalue weighted by molar-refractivity contribution is -0.158. The highest BCUT2D eigenvalue weighted by atomic mass is 32.1. The number of nitrogens with one attached hydrogen (secondary N) is 1. The Kier molecular flexibility index (Phi) is 4.28. The smallest absolute Gasteiger partial charge is 0.339 e. The largest absolute Gasteiger partial charge is 0.408 e. The molecular weight excluding hydrogens is 415 g/mol. The molecule has 1 N–H and O–H groups in total. The number of hydrogen-bond acceptors (Lipinski definition) is 5. The van der Waals surface area contributed by atoms with E-state index >= 15 is 0 Å². The van der Waals surface area contributed by atoms with E-state index in [1.807, 2.05) is 36.6 Å². The quantitative estimate of drug-likeness (QED) is 0.520. The molecule has 1 atom stereocenters. The predicted molar refractivity (Wildman–Crippen MR) is 106 cm³/mol. The fourth-order valence-electron chi connectivity index (χ4n) is 3.56. The topological polar surface area (TPSA) is 72.2 Å². The first kappa shape index (κ1) is 19.0. The van der Waals surface area contributed by atoms with Crippen LogP contribution in [-0.4, -0.2) is 36.9 Å². The molecule has 10 heteroatoms. The third-order valence-corrected chi connectivity index (χ3v) is 5.96. The van der Waals surface area contributed by atoms with Gasteiger partial charge in [-0.05, 0) is 49.3 Å². The molecule has 1 aliphatic carbocycles. The zero-order valence-corrected chi connectivity index (χ0v) is 16.6. The van der Waals surface area contributed by atoms with Crippen LogP contribution in [0.1, 0.15) is 29.0 Å². The average molecular weight is 431 g/mol. The second kappa shape index (κ2) is 6.76. The first-order valence-electron chi connectivity index (χ1n) is 9.38. The molecule has 0 saturated heterocycles. The number of halogens is 3. The molecule has 1 saturated carbocycles. The number of nitrogens with zero attached hydrogens (tertiary/aromatic N) is 4. The molecule has 1 fully saturated rings. The number of aromatic nitrogens is 4. The maximum Gasteiger partial charge on any atom is 0.408 e. The molecule has 0 bridgehead atoms. The Morgan fingerprint density at radius 1 is 1.30 bits per heavy atom. The summed E-state index contributed by atoms with van der Waals surface area (Å²) in [6.45, 7) is 1.83. The van der Waals surface area contributed by atoms with Crippen LogP contribution in [0.5, 0.6) is 0 Å². The molecule has 1 amide bonds. The van der Waals surface area contributed by atoms with E-state index in [0.717, 1.165) is 22.2 Å². The molecule has 6 nitrogen and oxygen atoms in total. The maximum absolute atomic E-state index is 13.3. The van der Waals surface area contributed by atoms with Gasteiger partial charge in [0, 0.05) is 22.0 Å². The SMILES string of the molecule is Cc1cc(-c2ccc3csnc3c2)nc2c(C(=O)NC(C3CC3)C(F)(F)F)ncn12. The van der Waals surface area contributed by atoms with E-state index < -0.39 is 24.0 Å². The number of alkyl halides is 3. The van der Waals surface area contributed by atoms with Gasteiger partial charge in [0.15, 0.2) is 11.3 Å². The van der Waals surface area contributed by atoms with Crippen LogP contribution < -0.4 is 5.32 Å². The van der Waals surface area contributed by atoms with E-state index in [0.29, 0.717) is 18.5 Å². The van der Waals surface area contributed by atoms with Crippen LogP contribution in [0.3, 0.4) is 0 Å². The molecule has 1 aromatic carbocycles. The van der Waals surface area contributed by atoms with Crippen molar-refractivity contribution in [2.45, 2.75) is 32.0 Å². The number of hydrogen-bond donors (Lipinski definition) is 1. The minimum Gasteiger partial charge on any atom is -0.339 e. The van der Waals surface area contributed by atoms with E-state index in [4.69, 9.17) is 0 Å². The Morgan fingerprint density at radius 2 is 2.10 bits per heavy atom. The summed E-state index contributed by atoms with van der Waals surface area (Å²) in [7, 11) is 0. The van der Waals surface area contributed by atoms with Gasteiger partial charge in [0.05, 0.1) is 11.2 Å². The Hall–Kier alpha value is -3.01. The fraction of sp³-hybridized carbons (Fsp3) is 0.300. The van der Waals surface area contributed by atoms with Gasteiger partial charge < -0.3 is 5.32 Å². The van der Waals surface area contributed by atoms with E-state index in [-0.39, 0.29) is 11.3 Å². The summed E-state index contributed by atoms with van der Waals surface area (Å²) >= 11 is 1.36. The minimum atomic E-state index is -4.50. The van der Waals surface area contributed by atoms with Crippen LogP contribution in [0.15, 0.2) is 36.0 Å². The molecule has 30 heavy (non-hydrogen) atoms. The first-order valence-corrected chi connectivity index (χ1v) is 10.2. The molecule has 1 unspecified atom stereocenters. The van der Waals surface area contributed by atoms with Gasteiger partial charge in [-0.1, -0.05) is 12.1 Å². The third-order valence-electron chi connectivity index (χ3n) is 5.30.